The Morgan fingerprint density at radius 1 is 0.816 bits per heavy atom. The third-order valence-corrected chi connectivity index (χ3v) is 6.34. The zero-order chi connectivity index (χ0) is 26.1. The lowest BCUT2D eigenvalue weighted by molar-refractivity contribution is 0.829. The molecule has 3 heterocycles. The van der Waals surface area contributed by atoms with E-state index in [1.54, 1.807) is 24.7 Å². The number of rotatable bonds is 5. The Morgan fingerprint density at radius 3 is 2.39 bits per heavy atom. The van der Waals surface area contributed by atoms with Crippen molar-refractivity contribution in [3.05, 3.63) is 131 Å². The number of hydrogen-bond donors (Lipinski definition) is 0. The molecule has 7 nitrogen and oxygen atoms in total. The zero-order valence-corrected chi connectivity index (χ0v) is 21.0. The van der Waals surface area contributed by atoms with Crippen LogP contribution in [0, 0.1) is 13.8 Å². The summed E-state index contributed by atoms with van der Waals surface area (Å²) in [6.45, 7) is 4.06. The van der Waals surface area contributed by atoms with E-state index < -0.39 is 0 Å². The van der Waals surface area contributed by atoms with Crippen molar-refractivity contribution < 1.29 is 0 Å². The lowest BCUT2D eigenvalue weighted by Gasteiger charge is -2.10. The minimum atomic E-state index is -0.236. The van der Waals surface area contributed by atoms with Gasteiger partial charge in [0.05, 0.1) is 22.8 Å². The molecule has 0 saturated heterocycles. The smallest absolute Gasteiger partial charge is 0.267 e. The van der Waals surface area contributed by atoms with Crippen molar-refractivity contribution in [1.29, 1.82) is 0 Å². The van der Waals surface area contributed by atoms with Crippen LogP contribution in [0.4, 0.5) is 0 Å². The van der Waals surface area contributed by atoms with Gasteiger partial charge in [-0.1, -0.05) is 53.6 Å². The maximum Gasteiger partial charge on any atom is 0.282 e. The van der Waals surface area contributed by atoms with Crippen LogP contribution in [0.3, 0.4) is 0 Å². The summed E-state index contributed by atoms with van der Waals surface area (Å²) in [5.41, 5.74) is 6.76. The normalized spacial score (nSPS) is 11.4. The van der Waals surface area contributed by atoms with E-state index in [-0.39, 0.29) is 5.56 Å². The van der Waals surface area contributed by atoms with E-state index in [0.717, 1.165) is 33.6 Å². The summed E-state index contributed by atoms with van der Waals surface area (Å²) in [4.78, 5) is 22.6. The maximum atomic E-state index is 13.6. The van der Waals surface area contributed by atoms with Crippen molar-refractivity contribution >= 4 is 17.1 Å². The van der Waals surface area contributed by atoms with Crippen molar-refractivity contribution in [3.8, 4) is 28.3 Å². The number of aromatic nitrogens is 5. The molecule has 0 aliphatic carbocycles. The zero-order valence-electron chi connectivity index (χ0n) is 21.0. The molecule has 0 amide bonds. The first-order valence-electron chi connectivity index (χ1n) is 12.3. The maximum absolute atomic E-state index is 13.6. The number of nitrogens with zero attached hydrogens (tertiary/aromatic N) is 6. The monoisotopic (exact) mass is 496 g/mol. The molecule has 0 radical (unpaired) electrons. The van der Waals surface area contributed by atoms with E-state index in [4.69, 9.17) is 10.1 Å². The van der Waals surface area contributed by atoms with Crippen LogP contribution >= 0.6 is 0 Å². The van der Waals surface area contributed by atoms with Gasteiger partial charge in [-0.2, -0.15) is 14.9 Å². The molecule has 0 fully saturated rings. The molecular formula is C31H24N6O. The van der Waals surface area contributed by atoms with E-state index in [1.807, 2.05) is 96.7 Å². The number of aryl methyl sites for hydroxylation is 2. The number of para-hydroxylation sites is 1. The fourth-order valence-electron chi connectivity index (χ4n) is 4.37. The summed E-state index contributed by atoms with van der Waals surface area (Å²) in [6.07, 6.45) is 7.05. The fraction of sp³-hybridized carbons (Fsp3) is 0.0645. The molecule has 7 heteroatoms. The standard InChI is InChI=1S/C31H24N6O/c1-21-10-12-26(13-11-21)36-20-25(29(35-36)23-14-16-32-17-15-23)19-33-37-30(24-7-5-6-22(2)18-24)34-28-9-4-3-8-27(28)31(37)38/h3-20H,1-2H3/b33-19+. The lowest BCUT2D eigenvalue weighted by Crippen LogP contribution is -2.20. The van der Waals surface area contributed by atoms with Gasteiger partial charge in [-0.25, -0.2) is 9.67 Å². The largest absolute Gasteiger partial charge is 0.282 e. The first-order valence-corrected chi connectivity index (χ1v) is 12.3. The van der Waals surface area contributed by atoms with Gasteiger partial charge in [0.25, 0.3) is 5.56 Å². The molecule has 38 heavy (non-hydrogen) atoms. The summed E-state index contributed by atoms with van der Waals surface area (Å²) in [7, 11) is 0. The summed E-state index contributed by atoms with van der Waals surface area (Å²) in [5, 5.41) is 10.0. The molecule has 0 aliphatic heterocycles. The van der Waals surface area contributed by atoms with Gasteiger partial charge in [0.2, 0.25) is 0 Å². The predicted molar refractivity (Wildman–Crippen MR) is 151 cm³/mol. The number of benzene rings is 3. The van der Waals surface area contributed by atoms with Crippen LogP contribution in [0.5, 0.6) is 0 Å². The molecule has 3 aromatic carbocycles. The molecule has 184 valence electrons. The topological polar surface area (TPSA) is 78.0 Å². The Labute approximate surface area is 219 Å². The summed E-state index contributed by atoms with van der Waals surface area (Å²) >= 11 is 0. The Morgan fingerprint density at radius 2 is 1.61 bits per heavy atom. The number of fused-ring (bicyclic) bond motifs is 1. The second-order valence-electron chi connectivity index (χ2n) is 9.13. The summed E-state index contributed by atoms with van der Waals surface area (Å²) < 4.78 is 3.19. The highest BCUT2D eigenvalue weighted by molar-refractivity contribution is 5.89. The third kappa shape index (κ3) is 4.41. The van der Waals surface area contributed by atoms with Crippen molar-refractivity contribution in [2.75, 3.05) is 0 Å². The Bertz CT molecular complexity index is 1850. The quantitative estimate of drug-likeness (QED) is 0.282. The van der Waals surface area contributed by atoms with Gasteiger partial charge in [-0.15, -0.1) is 0 Å². The molecule has 0 unspecified atom stereocenters. The van der Waals surface area contributed by atoms with E-state index in [1.165, 1.54) is 10.2 Å². The minimum absolute atomic E-state index is 0.236. The predicted octanol–water partition coefficient (Wildman–Crippen LogP) is 5.81. The molecule has 6 aromatic rings. The highest BCUT2D eigenvalue weighted by atomic mass is 16.1. The van der Waals surface area contributed by atoms with Gasteiger partial charge < -0.3 is 0 Å². The van der Waals surface area contributed by atoms with E-state index in [9.17, 15) is 4.79 Å². The minimum Gasteiger partial charge on any atom is -0.267 e. The molecule has 0 spiro atoms. The first-order chi connectivity index (χ1) is 18.6. The Balaban J connectivity index is 1.53. The number of hydrogen-bond acceptors (Lipinski definition) is 5. The van der Waals surface area contributed by atoms with Crippen molar-refractivity contribution in [1.82, 2.24) is 24.4 Å². The van der Waals surface area contributed by atoms with Crippen LogP contribution in [0.15, 0.2) is 113 Å². The SMILES string of the molecule is Cc1ccc(-n2cc(/C=N/n3c(-c4cccc(C)c4)nc4ccccc4c3=O)c(-c3ccncc3)n2)cc1. The Hall–Kier alpha value is -5.17. The van der Waals surface area contributed by atoms with Crippen LogP contribution < -0.4 is 5.56 Å². The number of pyridine rings is 1. The second kappa shape index (κ2) is 9.71. The molecular weight excluding hydrogens is 472 g/mol. The van der Waals surface area contributed by atoms with Crippen molar-refractivity contribution in [2.45, 2.75) is 13.8 Å². The van der Waals surface area contributed by atoms with Crippen molar-refractivity contribution in [2.24, 2.45) is 5.10 Å². The van der Waals surface area contributed by atoms with Crippen LogP contribution in [-0.4, -0.2) is 30.6 Å². The molecule has 3 aromatic heterocycles. The van der Waals surface area contributed by atoms with Gasteiger partial charge in [0, 0.05) is 35.3 Å². The van der Waals surface area contributed by atoms with Gasteiger partial charge in [-0.05, 0) is 56.3 Å². The highest BCUT2D eigenvalue weighted by Crippen LogP contribution is 2.24. The summed E-state index contributed by atoms with van der Waals surface area (Å²) in [6, 6.07) is 27.2. The second-order valence-corrected chi connectivity index (χ2v) is 9.13. The highest BCUT2D eigenvalue weighted by Gasteiger charge is 2.15. The van der Waals surface area contributed by atoms with Crippen LogP contribution in [0.1, 0.15) is 16.7 Å². The molecule has 0 bridgehead atoms. The van der Waals surface area contributed by atoms with Gasteiger partial charge in [0.1, 0.15) is 5.69 Å². The third-order valence-electron chi connectivity index (χ3n) is 6.34. The Kier molecular flexibility index (Phi) is 5.94. The van der Waals surface area contributed by atoms with Gasteiger partial charge in [0.15, 0.2) is 5.82 Å². The molecule has 0 atom stereocenters. The summed E-state index contributed by atoms with van der Waals surface area (Å²) in [5.74, 6) is 0.477. The van der Waals surface area contributed by atoms with Crippen molar-refractivity contribution in [3.63, 3.8) is 0 Å². The van der Waals surface area contributed by atoms with Crippen LogP contribution in [0.25, 0.3) is 39.2 Å². The van der Waals surface area contributed by atoms with E-state index in [2.05, 4.69) is 17.0 Å². The molecule has 0 aliphatic rings. The van der Waals surface area contributed by atoms with E-state index in [0.29, 0.717) is 16.7 Å². The molecule has 0 N–H and O–H groups in total. The molecule has 6 rings (SSSR count). The average molecular weight is 497 g/mol. The molecule has 0 saturated carbocycles. The van der Waals surface area contributed by atoms with Gasteiger partial charge >= 0.3 is 0 Å². The average Bonchev–Trinajstić information content (AvgIpc) is 3.37. The lowest BCUT2D eigenvalue weighted by atomic mass is 10.1. The first kappa shape index (κ1) is 23.2. The van der Waals surface area contributed by atoms with Crippen LogP contribution in [-0.2, 0) is 0 Å². The van der Waals surface area contributed by atoms with Gasteiger partial charge in [-0.3, -0.25) is 9.78 Å². The fourth-order valence-corrected chi connectivity index (χ4v) is 4.37. The van der Waals surface area contributed by atoms with Crippen LogP contribution in [0.2, 0.25) is 0 Å². The van der Waals surface area contributed by atoms with E-state index >= 15 is 0 Å².